The average Bonchev–Trinajstić information content (AvgIpc) is 2.05. The molecule has 0 saturated carbocycles. The number of ether oxygens (including phenoxy) is 3. The lowest BCUT2D eigenvalue weighted by Gasteiger charge is -2.13. The number of hydrogen-bond acceptors (Lipinski definition) is 4. The Kier molecular flexibility index (Phi) is 7.63. The van der Waals surface area contributed by atoms with Crippen molar-refractivity contribution < 1.29 is 19.0 Å². The van der Waals surface area contributed by atoms with E-state index in [1.165, 1.54) is 0 Å². The van der Waals surface area contributed by atoms with Gasteiger partial charge >= 0.3 is 5.97 Å². The fourth-order valence-electron chi connectivity index (χ4n) is 1.09. The summed E-state index contributed by atoms with van der Waals surface area (Å²) in [4.78, 5) is 11.1. The second-order valence-electron chi connectivity index (χ2n) is 2.79. The molecule has 78 valence electrons. The van der Waals surface area contributed by atoms with Crippen LogP contribution in [0.2, 0.25) is 0 Å². The van der Waals surface area contributed by atoms with E-state index in [1.807, 2.05) is 0 Å². The maximum atomic E-state index is 11.1. The summed E-state index contributed by atoms with van der Waals surface area (Å²) >= 11 is 0. The quantitative estimate of drug-likeness (QED) is 0.558. The van der Waals surface area contributed by atoms with Crippen LogP contribution in [0.4, 0.5) is 0 Å². The fourth-order valence-corrected chi connectivity index (χ4v) is 1.09. The van der Waals surface area contributed by atoms with E-state index in [1.54, 1.807) is 21.1 Å². The van der Waals surface area contributed by atoms with Crippen LogP contribution in [0.1, 0.15) is 13.3 Å². The van der Waals surface area contributed by atoms with Crippen LogP contribution in [0.15, 0.2) is 0 Å². The third kappa shape index (κ3) is 6.54. The van der Waals surface area contributed by atoms with Crippen LogP contribution < -0.4 is 0 Å². The molecule has 0 amide bonds. The molecule has 13 heavy (non-hydrogen) atoms. The maximum absolute atomic E-state index is 11.1. The molecule has 4 heteroatoms. The number of hydrogen-bond donors (Lipinski definition) is 0. The van der Waals surface area contributed by atoms with Gasteiger partial charge in [0.2, 0.25) is 0 Å². The van der Waals surface area contributed by atoms with Gasteiger partial charge in [-0.1, -0.05) is 0 Å². The van der Waals surface area contributed by atoms with Gasteiger partial charge in [0.25, 0.3) is 0 Å². The molecule has 0 aromatic carbocycles. The Morgan fingerprint density at radius 2 is 1.77 bits per heavy atom. The van der Waals surface area contributed by atoms with Crippen LogP contribution >= 0.6 is 0 Å². The molecule has 0 saturated heterocycles. The van der Waals surface area contributed by atoms with Crippen molar-refractivity contribution in [3.05, 3.63) is 0 Å². The normalized spacial score (nSPS) is 10.5. The summed E-state index contributed by atoms with van der Waals surface area (Å²) in [6.07, 6.45) is 0.357. The molecule has 0 heterocycles. The lowest BCUT2D eigenvalue weighted by Crippen LogP contribution is -2.20. The third-order valence-corrected chi connectivity index (χ3v) is 1.57. The van der Waals surface area contributed by atoms with E-state index in [2.05, 4.69) is 0 Å². The van der Waals surface area contributed by atoms with Crippen LogP contribution in [-0.2, 0) is 19.0 Å². The van der Waals surface area contributed by atoms with Crippen molar-refractivity contribution in [2.45, 2.75) is 13.3 Å². The van der Waals surface area contributed by atoms with Gasteiger partial charge in [-0.15, -0.1) is 0 Å². The van der Waals surface area contributed by atoms with Crippen molar-refractivity contribution in [1.82, 2.24) is 0 Å². The Hall–Kier alpha value is -0.610. The molecule has 0 radical (unpaired) electrons. The predicted molar refractivity (Wildman–Crippen MR) is 48.5 cm³/mol. The lowest BCUT2D eigenvalue weighted by molar-refractivity contribution is -0.145. The molecule has 0 fully saturated rings. The van der Waals surface area contributed by atoms with E-state index in [-0.39, 0.29) is 11.9 Å². The molecule has 0 bridgehead atoms. The first-order valence-corrected chi connectivity index (χ1v) is 4.38. The molecule has 0 aromatic rings. The Morgan fingerprint density at radius 3 is 2.15 bits per heavy atom. The van der Waals surface area contributed by atoms with Gasteiger partial charge in [0.15, 0.2) is 0 Å². The smallest absolute Gasteiger partial charge is 0.306 e. The minimum absolute atomic E-state index is 0.0917. The largest absolute Gasteiger partial charge is 0.466 e. The lowest BCUT2D eigenvalue weighted by atomic mass is 10.1. The number of carbonyl (C=O) groups is 1. The highest BCUT2D eigenvalue weighted by molar-refractivity contribution is 5.69. The maximum Gasteiger partial charge on any atom is 0.306 e. The molecule has 0 spiro atoms. The van der Waals surface area contributed by atoms with E-state index < -0.39 is 0 Å². The van der Waals surface area contributed by atoms with E-state index in [0.717, 1.165) is 0 Å². The standard InChI is InChI=1S/C9H18O4/c1-4-13-9(10)5-8(6-11-2)7-12-3/h8H,4-7H2,1-3H3. The summed E-state index contributed by atoms with van der Waals surface area (Å²) < 4.78 is 14.7. The van der Waals surface area contributed by atoms with Gasteiger partial charge in [-0.25, -0.2) is 0 Å². The van der Waals surface area contributed by atoms with Crippen LogP contribution in [0.3, 0.4) is 0 Å². The van der Waals surface area contributed by atoms with Crippen LogP contribution in [0, 0.1) is 5.92 Å². The van der Waals surface area contributed by atoms with Crippen molar-refractivity contribution in [2.75, 3.05) is 34.0 Å². The summed E-state index contributed by atoms with van der Waals surface area (Å²) in [5, 5.41) is 0. The highest BCUT2D eigenvalue weighted by atomic mass is 16.5. The average molecular weight is 190 g/mol. The van der Waals surface area contributed by atoms with Gasteiger partial charge in [0.1, 0.15) is 0 Å². The summed E-state index contributed by atoms with van der Waals surface area (Å²) in [5.74, 6) is -0.101. The second kappa shape index (κ2) is 8.01. The van der Waals surface area contributed by atoms with Crippen molar-refractivity contribution in [2.24, 2.45) is 5.92 Å². The first-order chi connectivity index (χ1) is 6.24. The number of methoxy groups -OCH3 is 2. The molecule has 0 atom stereocenters. The molecule has 0 aliphatic heterocycles. The number of rotatable bonds is 7. The fraction of sp³-hybridized carbons (Fsp3) is 0.889. The predicted octanol–water partition coefficient (Wildman–Crippen LogP) is 0.849. The summed E-state index contributed by atoms with van der Waals surface area (Å²) in [5.41, 5.74) is 0. The van der Waals surface area contributed by atoms with Crippen LogP contribution in [0.25, 0.3) is 0 Å². The summed E-state index contributed by atoms with van der Waals surface area (Å²) in [6.45, 7) is 3.25. The minimum Gasteiger partial charge on any atom is -0.466 e. The molecule has 0 aromatic heterocycles. The Bertz CT molecular complexity index is 130. The van der Waals surface area contributed by atoms with Gasteiger partial charge in [-0.05, 0) is 6.92 Å². The van der Waals surface area contributed by atoms with Gasteiger partial charge in [0.05, 0.1) is 26.2 Å². The molecule has 4 nitrogen and oxygen atoms in total. The monoisotopic (exact) mass is 190 g/mol. The van der Waals surface area contributed by atoms with Gasteiger partial charge in [-0.2, -0.15) is 0 Å². The van der Waals surface area contributed by atoms with Gasteiger partial charge < -0.3 is 14.2 Å². The molecule has 0 unspecified atom stereocenters. The van der Waals surface area contributed by atoms with Crippen LogP contribution in [-0.4, -0.2) is 40.0 Å². The van der Waals surface area contributed by atoms with E-state index in [9.17, 15) is 4.79 Å². The molecule has 0 aliphatic carbocycles. The van der Waals surface area contributed by atoms with Crippen molar-refractivity contribution in [3.63, 3.8) is 0 Å². The van der Waals surface area contributed by atoms with Crippen LogP contribution in [0.5, 0.6) is 0 Å². The molecule has 0 aliphatic rings. The van der Waals surface area contributed by atoms with E-state index in [0.29, 0.717) is 26.2 Å². The van der Waals surface area contributed by atoms with Crippen molar-refractivity contribution in [1.29, 1.82) is 0 Å². The Morgan fingerprint density at radius 1 is 1.23 bits per heavy atom. The summed E-state index contributed by atoms with van der Waals surface area (Å²) in [6, 6.07) is 0. The number of esters is 1. The Labute approximate surface area is 79.2 Å². The van der Waals surface area contributed by atoms with E-state index >= 15 is 0 Å². The highest BCUT2D eigenvalue weighted by Gasteiger charge is 2.14. The number of carbonyl (C=O) groups excluding carboxylic acids is 1. The Balaban J connectivity index is 3.71. The van der Waals surface area contributed by atoms with Gasteiger partial charge in [-0.3, -0.25) is 4.79 Å². The zero-order valence-electron chi connectivity index (χ0n) is 8.54. The molecular weight excluding hydrogens is 172 g/mol. The molecule has 0 rings (SSSR count). The minimum atomic E-state index is -0.193. The topological polar surface area (TPSA) is 44.8 Å². The van der Waals surface area contributed by atoms with Crippen molar-refractivity contribution in [3.8, 4) is 0 Å². The second-order valence-corrected chi connectivity index (χ2v) is 2.79. The molecular formula is C9H18O4. The highest BCUT2D eigenvalue weighted by Crippen LogP contribution is 2.05. The van der Waals surface area contributed by atoms with Gasteiger partial charge in [0, 0.05) is 20.1 Å². The molecule has 0 N–H and O–H groups in total. The first-order valence-electron chi connectivity index (χ1n) is 4.38. The third-order valence-electron chi connectivity index (χ3n) is 1.57. The summed E-state index contributed by atoms with van der Waals surface area (Å²) in [7, 11) is 3.21. The van der Waals surface area contributed by atoms with E-state index in [4.69, 9.17) is 14.2 Å². The first kappa shape index (κ1) is 12.4. The zero-order chi connectivity index (χ0) is 10.1. The zero-order valence-corrected chi connectivity index (χ0v) is 8.54. The van der Waals surface area contributed by atoms with Crippen molar-refractivity contribution >= 4 is 5.97 Å². The SMILES string of the molecule is CCOC(=O)CC(COC)COC.